The molecule has 1 rings (SSSR count). The first-order valence-corrected chi connectivity index (χ1v) is 6.07. The summed E-state index contributed by atoms with van der Waals surface area (Å²) in [5, 5.41) is 3.44. The van der Waals surface area contributed by atoms with Gasteiger partial charge in [-0.1, -0.05) is 38.1 Å². The molecule has 0 bridgehead atoms. The fourth-order valence-corrected chi connectivity index (χ4v) is 1.84. The summed E-state index contributed by atoms with van der Waals surface area (Å²) in [5.41, 5.74) is 2.92. The van der Waals surface area contributed by atoms with Crippen LogP contribution in [0.4, 0.5) is 0 Å². The smallest absolute Gasteiger partial charge is 0.00417 e. The van der Waals surface area contributed by atoms with E-state index in [1.165, 1.54) is 24.0 Å². The van der Waals surface area contributed by atoms with Gasteiger partial charge in [-0.15, -0.1) is 0 Å². The van der Waals surface area contributed by atoms with Crippen LogP contribution in [0.3, 0.4) is 0 Å². The predicted molar refractivity (Wildman–Crippen MR) is 67.3 cm³/mol. The van der Waals surface area contributed by atoms with Crippen LogP contribution >= 0.6 is 0 Å². The van der Waals surface area contributed by atoms with E-state index in [1.54, 1.807) is 0 Å². The molecule has 0 aliphatic heterocycles. The Labute approximate surface area is 93.9 Å². The Morgan fingerprint density at radius 2 is 1.93 bits per heavy atom. The summed E-state index contributed by atoms with van der Waals surface area (Å²) in [4.78, 5) is 0. The Morgan fingerprint density at radius 3 is 2.60 bits per heavy atom. The molecule has 0 fully saturated rings. The first-order valence-electron chi connectivity index (χ1n) is 6.07. The molecule has 1 aromatic rings. The minimum absolute atomic E-state index is 0.625. The third-order valence-corrected chi connectivity index (χ3v) is 2.82. The van der Waals surface area contributed by atoms with Crippen molar-refractivity contribution in [3.63, 3.8) is 0 Å². The van der Waals surface area contributed by atoms with Crippen LogP contribution in [0.15, 0.2) is 24.3 Å². The Balaban J connectivity index is 2.43. The van der Waals surface area contributed by atoms with Gasteiger partial charge in [0.1, 0.15) is 0 Å². The highest BCUT2D eigenvalue weighted by molar-refractivity contribution is 5.23. The van der Waals surface area contributed by atoms with Crippen molar-refractivity contribution in [3.8, 4) is 0 Å². The molecule has 0 aliphatic rings. The second kappa shape index (κ2) is 6.62. The number of hydrogen-bond donors (Lipinski definition) is 1. The first kappa shape index (κ1) is 12.3. The molecular weight excluding hydrogens is 182 g/mol. The van der Waals surface area contributed by atoms with Crippen molar-refractivity contribution in [1.29, 1.82) is 0 Å². The van der Waals surface area contributed by atoms with Crippen LogP contribution < -0.4 is 5.32 Å². The van der Waals surface area contributed by atoms with E-state index in [2.05, 4.69) is 50.4 Å². The topological polar surface area (TPSA) is 12.0 Å². The third kappa shape index (κ3) is 4.48. The molecule has 0 amide bonds. The quantitative estimate of drug-likeness (QED) is 0.752. The predicted octanol–water partition coefficient (Wildman–Crippen LogP) is 3.18. The van der Waals surface area contributed by atoms with E-state index >= 15 is 0 Å². The molecule has 0 spiro atoms. The lowest BCUT2D eigenvalue weighted by Crippen LogP contribution is -2.25. The zero-order valence-corrected chi connectivity index (χ0v) is 10.2. The monoisotopic (exact) mass is 205 g/mol. The van der Waals surface area contributed by atoms with E-state index in [-0.39, 0.29) is 0 Å². The van der Waals surface area contributed by atoms with Gasteiger partial charge < -0.3 is 5.32 Å². The van der Waals surface area contributed by atoms with Gasteiger partial charge in [-0.3, -0.25) is 0 Å². The maximum absolute atomic E-state index is 3.44. The molecule has 0 radical (unpaired) electrons. The van der Waals surface area contributed by atoms with Crippen molar-refractivity contribution in [2.75, 3.05) is 6.54 Å². The normalized spacial score (nSPS) is 12.7. The van der Waals surface area contributed by atoms with E-state index in [0.29, 0.717) is 6.04 Å². The lowest BCUT2D eigenvalue weighted by molar-refractivity contribution is 0.530. The molecule has 1 N–H and O–H groups in total. The Kier molecular flexibility index (Phi) is 5.41. The van der Waals surface area contributed by atoms with Gasteiger partial charge in [-0.25, -0.2) is 0 Å². The van der Waals surface area contributed by atoms with Gasteiger partial charge in [0.05, 0.1) is 0 Å². The molecule has 1 atom stereocenters. The van der Waals surface area contributed by atoms with Crippen LogP contribution in [-0.2, 0) is 12.8 Å². The average Bonchev–Trinajstić information content (AvgIpc) is 2.27. The van der Waals surface area contributed by atoms with Gasteiger partial charge in [0.15, 0.2) is 0 Å². The standard InChI is InChI=1S/C14H23N/c1-4-13-7-6-8-14(11-13)10-9-12(3)15-5-2/h6-8,11-12,15H,4-5,9-10H2,1-3H3. The summed E-state index contributed by atoms with van der Waals surface area (Å²) >= 11 is 0. The van der Waals surface area contributed by atoms with Crippen LogP contribution in [-0.4, -0.2) is 12.6 Å². The molecule has 1 heteroatoms. The Bertz CT molecular complexity index is 280. The molecule has 1 aromatic carbocycles. The minimum atomic E-state index is 0.625. The van der Waals surface area contributed by atoms with Gasteiger partial charge in [0, 0.05) is 6.04 Å². The largest absolute Gasteiger partial charge is 0.315 e. The van der Waals surface area contributed by atoms with Gasteiger partial charge in [-0.2, -0.15) is 0 Å². The van der Waals surface area contributed by atoms with Gasteiger partial charge in [0.2, 0.25) is 0 Å². The number of hydrogen-bond acceptors (Lipinski definition) is 1. The summed E-state index contributed by atoms with van der Waals surface area (Å²) in [6.45, 7) is 7.69. The van der Waals surface area contributed by atoms with Crippen molar-refractivity contribution in [2.24, 2.45) is 0 Å². The zero-order chi connectivity index (χ0) is 11.1. The van der Waals surface area contributed by atoms with E-state index in [0.717, 1.165) is 13.0 Å². The number of aryl methyl sites for hydroxylation is 2. The summed E-state index contributed by atoms with van der Waals surface area (Å²) in [6, 6.07) is 9.57. The van der Waals surface area contributed by atoms with Crippen molar-refractivity contribution in [1.82, 2.24) is 5.32 Å². The Hall–Kier alpha value is -0.820. The van der Waals surface area contributed by atoms with Crippen LogP contribution in [0.2, 0.25) is 0 Å². The second-order valence-corrected chi connectivity index (χ2v) is 4.17. The lowest BCUT2D eigenvalue weighted by atomic mass is 10.0. The van der Waals surface area contributed by atoms with Gasteiger partial charge in [-0.05, 0) is 43.9 Å². The summed E-state index contributed by atoms with van der Waals surface area (Å²) in [7, 11) is 0. The highest BCUT2D eigenvalue weighted by Gasteiger charge is 2.00. The molecule has 0 heterocycles. The van der Waals surface area contributed by atoms with Crippen molar-refractivity contribution in [2.45, 2.75) is 46.1 Å². The summed E-state index contributed by atoms with van der Waals surface area (Å²) in [6.07, 6.45) is 3.54. The van der Waals surface area contributed by atoms with Crippen LogP contribution in [0.1, 0.15) is 38.3 Å². The average molecular weight is 205 g/mol. The number of rotatable bonds is 6. The molecular formula is C14H23N. The first-order chi connectivity index (χ1) is 7.26. The molecule has 1 nitrogen and oxygen atoms in total. The Morgan fingerprint density at radius 1 is 1.20 bits per heavy atom. The zero-order valence-electron chi connectivity index (χ0n) is 10.2. The highest BCUT2D eigenvalue weighted by atomic mass is 14.9. The van der Waals surface area contributed by atoms with E-state index < -0.39 is 0 Å². The summed E-state index contributed by atoms with van der Waals surface area (Å²) in [5.74, 6) is 0. The molecule has 0 saturated carbocycles. The molecule has 15 heavy (non-hydrogen) atoms. The summed E-state index contributed by atoms with van der Waals surface area (Å²) < 4.78 is 0. The number of nitrogens with one attached hydrogen (secondary N) is 1. The van der Waals surface area contributed by atoms with Crippen molar-refractivity contribution >= 4 is 0 Å². The fraction of sp³-hybridized carbons (Fsp3) is 0.571. The molecule has 0 saturated heterocycles. The third-order valence-electron chi connectivity index (χ3n) is 2.82. The SMILES string of the molecule is CCNC(C)CCc1cccc(CC)c1. The van der Waals surface area contributed by atoms with Crippen LogP contribution in [0.25, 0.3) is 0 Å². The van der Waals surface area contributed by atoms with E-state index in [4.69, 9.17) is 0 Å². The van der Waals surface area contributed by atoms with Crippen molar-refractivity contribution in [3.05, 3.63) is 35.4 Å². The van der Waals surface area contributed by atoms with Crippen molar-refractivity contribution < 1.29 is 0 Å². The van der Waals surface area contributed by atoms with Gasteiger partial charge >= 0.3 is 0 Å². The maximum Gasteiger partial charge on any atom is 0.00417 e. The van der Waals surface area contributed by atoms with E-state index in [1.807, 2.05) is 0 Å². The lowest BCUT2D eigenvalue weighted by Gasteiger charge is -2.12. The molecule has 0 aliphatic carbocycles. The van der Waals surface area contributed by atoms with Crippen LogP contribution in [0, 0.1) is 0 Å². The molecule has 1 unspecified atom stereocenters. The maximum atomic E-state index is 3.44. The molecule has 84 valence electrons. The highest BCUT2D eigenvalue weighted by Crippen LogP contribution is 2.09. The minimum Gasteiger partial charge on any atom is -0.315 e. The second-order valence-electron chi connectivity index (χ2n) is 4.17. The fourth-order valence-electron chi connectivity index (χ4n) is 1.84. The van der Waals surface area contributed by atoms with E-state index in [9.17, 15) is 0 Å². The van der Waals surface area contributed by atoms with Crippen LogP contribution in [0.5, 0.6) is 0 Å². The molecule has 0 aromatic heterocycles. The number of benzene rings is 1. The van der Waals surface area contributed by atoms with Gasteiger partial charge in [0.25, 0.3) is 0 Å².